The van der Waals surface area contributed by atoms with Crippen LogP contribution in [0.5, 0.6) is 0 Å². The maximum absolute atomic E-state index is 12.6. The SMILES string of the molecule is CCCN(CC(=O)c1c(C)[nH]c(C(=O)OCC)c1C)C(=O)CC. The number of rotatable bonds is 8. The number of nitrogens with one attached hydrogen (secondary N) is 1. The van der Waals surface area contributed by atoms with Crippen LogP contribution in [0.2, 0.25) is 0 Å². The quantitative estimate of drug-likeness (QED) is 0.589. The molecule has 1 N–H and O–H groups in total. The molecule has 0 saturated carbocycles. The summed E-state index contributed by atoms with van der Waals surface area (Å²) in [5.41, 5.74) is 1.97. The van der Waals surface area contributed by atoms with Crippen molar-refractivity contribution < 1.29 is 19.1 Å². The molecule has 1 amide bonds. The van der Waals surface area contributed by atoms with E-state index in [0.29, 0.717) is 35.5 Å². The van der Waals surface area contributed by atoms with Gasteiger partial charge < -0.3 is 14.6 Å². The number of hydrogen-bond acceptors (Lipinski definition) is 4. The van der Waals surface area contributed by atoms with Gasteiger partial charge in [-0.25, -0.2) is 4.79 Å². The van der Waals surface area contributed by atoms with Crippen LogP contribution in [0.25, 0.3) is 0 Å². The summed E-state index contributed by atoms with van der Waals surface area (Å²) < 4.78 is 4.99. The fraction of sp³-hybridized carbons (Fsp3) is 0.588. The van der Waals surface area contributed by atoms with Gasteiger partial charge in [-0.2, -0.15) is 0 Å². The summed E-state index contributed by atoms with van der Waals surface area (Å²) in [4.78, 5) is 40.9. The second-order valence-corrected chi connectivity index (χ2v) is 5.44. The maximum atomic E-state index is 12.6. The third-order valence-electron chi connectivity index (χ3n) is 3.68. The van der Waals surface area contributed by atoms with E-state index in [-0.39, 0.29) is 24.8 Å². The summed E-state index contributed by atoms with van der Waals surface area (Å²) >= 11 is 0. The Labute approximate surface area is 137 Å². The average molecular weight is 322 g/mol. The molecule has 1 heterocycles. The summed E-state index contributed by atoms with van der Waals surface area (Å²) in [6, 6.07) is 0. The van der Waals surface area contributed by atoms with Crippen LogP contribution in [-0.2, 0) is 9.53 Å². The number of carbonyl (C=O) groups is 3. The van der Waals surface area contributed by atoms with Crippen molar-refractivity contribution in [1.29, 1.82) is 0 Å². The number of esters is 1. The molecule has 128 valence electrons. The van der Waals surface area contributed by atoms with Gasteiger partial charge in [-0.15, -0.1) is 0 Å². The van der Waals surface area contributed by atoms with Crippen LogP contribution in [0, 0.1) is 13.8 Å². The van der Waals surface area contributed by atoms with Crippen LogP contribution in [0.3, 0.4) is 0 Å². The van der Waals surface area contributed by atoms with E-state index >= 15 is 0 Å². The number of aromatic amines is 1. The molecule has 23 heavy (non-hydrogen) atoms. The Morgan fingerprint density at radius 1 is 1.13 bits per heavy atom. The first kappa shape index (κ1) is 18.9. The number of Topliss-reactive ketones (excluding diaryl/α,β-unsaturated/α-hetero) is 1. The fourth-order valence-corrected chi connectivity index (χ4v) is 2.61. The predicted molar refractivity (Wildman–Crippen MR) is 87.7 cm³/mol. The highest BCUT2D eigenvalue weighted by molar-refractivity contribution is 6.04. The lowest BCUT2D eigenvalue weighted by Gasteiger charge is -2.20. The standard InChI is InChI=1S/C17H26N2O4/c1-6-9-19(14(21)7-2)10-13(20)15-11(4)16(18-12(15)5)17(22)23-8-3/h18H,6-10H2,1-5H3. The van der Waals surface area contributed by atoms with Gasteiger partial charge in [0.2, 0.25) is 5.91 Å². The van der Waals surface area contributed by atoms with E-state index in [1.165, 1.54) is 0 Å². The van der Waals surface area contributed by atoms with Crippen molar-refractivity contribution in [1.82, 2.24) is 9.88 Å². The zero-order chi connectivity index (χ0) is 17.6. The number of carbonyl (C=O) groups excluding carboxylic acids is 3. The lowest BCUT2D eigenvalue weighted by Crippen LogP contribution is -2.36. The molecule has 0 unspecified atom stereocenters. The smallest absolute Gasteiger partial charge is 0.355 e. The average Bonchev–Trinajstić information content (AvgIpc) is 2.81. The van der Waals surface area contributed by atoms with E-state index in [9.17, 15) is 14.4 Å². The normalized spacial score (nSPS) is 10.5. The van der Waals surface area contributed by atoms with Crippen molar-refractivity contribution >= 4 is 17.7 Å². The van der Waals surface area contributed by atoms with E-state index in [0.717, 1.165) is 6.42 Å². The fourth-order valence-electron chi connectivity index (χ4n) is 2.61. The Kier molecular flexibility index (Phi) is 7.00. The van der Waals surface area contributed by atoms with Crippen LogP contribution in [-0.4, -0.2) is 47.2 Å². The van der Waals surface area contributed by atoms with Crippen molar-refractivity contribution in [3.8, 4) is 0 Å². The second kappa shape index (κ2) is 8.50. The van der Waals surface area contributed by atoms with Crippen molar-refractivity contribution in [2.75, 3.05) is 19.7 Å². The summed E-state index contributed by atoms with van der Waals surface area (Å²) in [5, 5.41) is 0. The zero-order valence-electron chi connectivity index (χ0n) is 14.6. The lowest BCUT2D eigenvalue weighted by molar-refractivity contribution is -0.130. The number of hydrogen-bond donors (Lipinski definition) is 1. The minimum absolute atomic E-state index is 0.0301. The molecule has 1 aromatic heterocycles. The molecule has 0 aliphatic rings. The topological polar surface area (TPSA) is 79.5 Å². The predicted octanol–water partition coefficient (Wildman–Crippen LogP) is 2.64. The van der Waals surface area contributed by atoms with Gasteiger partial charge in [0.1, 0.15) is 5.69 Å². The monoisotopic (exact) mass is 322 g/mol. The Morgan fingerprint density at radius 3 is 2.30 bits per heavy atom. The van der Waals surface area contributed by atoms with Gasteiger partial charge >= 0.3 is 5.97 Å². The van der Waals surface area contributed by atoms with Crippen LogP contribution in [0.15, 0.2) is 0 Å². The minimum Gasteiger partial charge on any atom is -0.461 e. The number of aromatic nitrogens is 1. The van der Waals surface area contributed by atoms with Gasteiger partial charge in [0, 0.05) is 24.2 Å². The number of aryl methyl sites for hydroxylation is 1. The first-order valence-electron chi connectivity index (χ1n) is 8.04. The molecule has 0 spiro atoms. The van der Waals surface area contributed by atoms with Crippen molar-refractivity contribution in [3.05, 3.63) is 22.5 Å². The van der Waals surface area contributed by atoms with Gasteiger partial charge in [-0.1, -0.05) is 13.8 Å². The molecule has 0 aliphatic heterocycles. The molecule has 0 fully saturated rings. The minimum atomic E-state index is -0.470. The Balaban J connectivity index is 3.04. The summed E-state index contributed by atoms with van der Waals surface area (Å²) in [6.07, 6.45) is 1.16. The Bertz CT molecular complexity index is 590. The molecule has 1 aromatic rings. The second-order valence-electron chi connectivity index (χ2n) is 5.44. The largest absolute Gasteiger partial charge is 0.461 e. The van der Waals surface area contributed by atoms with Gasteiger partial charge in [-0.3, -0.25) is 9.59 Å². The van der Waals surface area contributed by atoms with Crippen molar-refractivity contribution in [3.63, 3.8) is 0 Å². The van der Waals surface area contributed by atoms with E-state index in [2.05, 4.69) is 4.98 Å². The number of H-pyrrole nitrogens is 1. The van der Waals surface area contributed by atoms with Crippen LogP contribution in [0.1, 0.15) is 65.7 Å². The van der Waals surface area contributed by atoms with Gasteiger partial charge in [-0.05, 0) is 32.8 Å². The van der Waals surface area contributed by atoms with Gasteiger partial charge in [0.25, 0.3) is 0 Å². The molecule has 0 radical (unpaired) electrons. The Morgan fingerprint density at radius 2 is 1.78 bits per heavy atom. The first-order chi connectivity index (χ1) is 10.9. The number of ketones is 1. The highest BCUT2D eigenvalue weighted by Gasteiger charge is 2.24. The number of ether oxygens (including phenoxy) is 1. The van der Waals surface area contributed by atoms with Crippen LogP contribution >= 0.6 is 0 Å². The molecule has 0 aliphatic carbocycles. The van der Waals surface area contributed by atoms with Crippen molar-refractivity contribution in [2.45, 2.75) is 47.5 Å². The molecule has 1 rings (SSSR count). The number of amides is 1. The Hall–Kier alpha value is -2.11. The van der Waals surface area contributed by atoms with E-state index in [1.54, 1.807) is 32.6 Å². The zero-order valence-corrected chi connectivity index (χ0v) is 14.6. The molecule has 0 saturated heterocycles. The van der Waals surface area contributed by atoms with Gasteiger partial charge in [0.15, 0.2) is 5.78 Å². The third kappa shape index (κ3) is 4.43. The van der Waals surface area contributed by atoms with Crippen LogP contribution in [0.4, 0.5) is 0 Å². The lowest BCUT2D eigenvalue weighted by atomic mass is 10.0. The summed E-state index contributed by atoms with van der Waals surface area (Å²) in [6.45, 7) is 9.79. The highest BCUT2D eigenvalue weighted by Crippen LogP contribution is 2.20. The van der Waals surface area contributed by atoms with Crippen LogP contribution < -0.4 is 0 Å². The van der Waals surface area contributed by atoms with E-state index < -0.39 is 5.97 Å². The molecular weight excluding hydrogens is 296 g/mol. The first-order valence-corrected chi connectivity index (χ1v) is 8.04. The molecular formula is C17H26N2O4. The van der Waals surface area contributed by atoms with E-state index in [4.69, 9.17) is 4.74 Å². The van der Waals surface area contributed by atoms with Crippen molar-refractivity contribution in [2.24, 2.45) is 0 Å². The van der Waals surface area contributed by atoms with E-state index in [1.807, 2.05) is 6.92 Å². The number of nitrogens with zero attached hydrogens (tertiary/aromatic N) is 1. The maximum Gasteiger partial charge on any atom is 0.355 e. The summed E-state index contributed by atoms with van der Waals surface area (Å²) in [5.74, 6) is -0.680. The molecule has 0 aromatic carbocycles. The third-order valence-corrected chi connectivity index (χ3v) is 3.68. The molecule has 6 heteroatoms. The highest BCUT2D eigenvalue weighted by atomic mass is 16.5. The molecule has 0 bridgehead atoms. The van der Waals surface area contributed by atoms with Gasteiger partial charge in [0.05, 0.1) is 13.2 Å². The molecule has 6 nitrogen and oxygen atoms in total. The summed E-state index contributed by atoms with van der Waals surface area (Å²) in [7, 11) is 0. The molecule has 0 atom stereocenters.